The minimum atomic E-state index is 0.646. The molecule has 50 heavy (non-hydrogen) atoms. The second-order valence-corrected chi connectivity index (χ2v) is 14.4. The minimum Gasteiger partial charge on any atom is -0.236 e. The third-order valence-electron chi connectivity index (χ3n) is 9.18. The molecular formula is C44H26N4S2. The van der Waals surface area contributed by atoms with E-state index in [2.05, 4.69) is 133 Å². The predicted octanol–water partition coefficient (Wildman–Crippen LogP) is 12.3. The summed E-state index contributed by atoms with van der Waals surface area (Å²) in [7, 11) is 0. The summed E-state index contributed by atoms with van der Waals surface area (Å²) in [5.41, 5.74) is 7.41. The minimum absolute atomic E-state index is 0.646. The van der Waals surface area contributed by atoms with Gasteiger partial charge in [0.15, 0.2) is 17.5 Å². The van der Waals surface area contributed by atoms with Gasteiger partial charge in [-0.1, -0.05) is 140 Å². The van der Waals surface area contributed by atoms with Gasteiger partial charge in [-0.25, -0.2) is 19.9 Å². The normalized spacial score (nSPS) is 11.6. The molecule has 0 aliphatic rings. The van der Waals surface area contributed by atoms with Crippen LogP contribution in [0.4, 0.5) is 0 Å². The topological polar surface area (TPSA) is 51.6 Å². The smallest absolute Gasteiger partial charge is 0.164 e. The monoisotopic (exact) mass is 674 g/mol. The van der Waals surface area contributed by atoms with Gasteiger partial charge in [0.1, 0.15) is 5.01 Å². The summed E-state index contributed by atoms with van der Waals surface area (Å²) in [6.45, 7) is 0. The van der Waals surface area contributed by atoms with Gasteiger partial charge in [0.05, 0.1) is 10.2 Å². The van der Waals surface area contributed by atoms with Crippen LogP contribution in [0.5, 0.6) is 0 Å². The number of fused-ring (bicyclic) bond motifs is 5. The van der Waals surface area contributed by atoms with Crippen LogP contribution in [0.2, 0.25) is 0 Å². The standard InChI is InChI=1S/C44H26N4S2/c1-3-12-29(13-4-1)41-46-42(30-23-21-28(22-24-30)33-18-9-16-27-11-7-8-17-32(27)33)48-43(47-41)34-19-10-20-37-40(34)35-25-39-36(26-38(35)49-37)45-44(50-39)31-14-5-2-6-15-31/h1-26H. The highest BCUT2D eigenvalue weighted by Crippen LogP contribution is 2.43. The molecule has 0 fully saturated rings. The van der Waals surface area contributed by atoms with E-state index in [9.17, 15) is 0 Å². The Morgan fingerprint density at radius 1 is 0.360 bits per heavy atom. The number of benzene rings is 7. The molecule has 3 aromatic heterocycles. The molecule has 6 heteroatoms. The van der Waals surface area contributed by atoms with Crippen LogP contribution in [0.3, 0.4) is 0 Å². The quantitative estimate of drug-likeness (QED) is 0.182. The van der Waals surface area contributed by atoms with Crippen molar-refractivity contribution < 1.29 is 0 Å². The SMILES string of the molecule is c1ccc(-c2nc(-c3ccc(-c4cccc5ccccc45)cc3)nc(-c3cccc4sc5cc6nc(-c7ccccc7)sc6cc5c34)n2)cc1. The zero-order chi connectivity index (χ0) is 33.0. The molecule has 10 rings (SSSR count). The largest absolute Gasteiger partial charge is 0.236 e. The molecule has 0 amide bonds. The van der Waals surface area contributed by atoms with E-state index >= 15 is 0 Å². The van der Waals surface area contributed by atoms with Gasteiger partial charge in [-0.3, -0.25) is 0 Å². The van der Waals surface area contributed by atoms with Gasteiger partial charge in [0, 0.05) is 42.4 Å². The first kappa shape index (κ1) is 28.9. The lowest BCUT2D eigenvalue weighted by atomic mass is 9.97. The Labute approximate surface area is 296 Å². The predicted molar refractivity (Wildman–Crippen MR) is 211 cm³/mol. The number of thiophene rings is 1. The van der Waals surface area contributed by atoms with Crippen LogP contribution in [-0.4, -0.2) is 19.9 Å². The van der Waals surface area contributed by atoms with Crippen LogP contribution >= 0.6 is 22.7 Å². The molecule has 4 nitrogen and oxygen atoms in total. The fraction of sp³-hybridized carbons (Fsp3) is 0. The molecule has 0 radical (unpaired) electrons. The van der Waals surface area contributed by atoms with E-state index < -0.39 is 0 Å². The highest BCUT2D eigenvalue weighted by molar-refractivity contribution is 7.26. The first-order chi connectivity index (χ1) is 24.7. The summed E-state index contributed by atoms with van der Waals surface area (Å²) >= 11 is 3.52. The van der Waals surface area contributed by atoms with Crippen molar-refractivity contribution in [2.24, 2.45) is 0 Å². The van der Waals surface area contributed by atoms with Crippen molar-refractivity contribution in [1.29, 1.82) is 0 Å². The van der Waals surface area contributed by atoms with E-state index in [0.717, 1.165) is 43.7 Å². The van der Waals surface area contributed by atoms with E-state index in [1.54, 1.807) is 22.7 Å². The number of hydrogen-bond acceptors (Lipinski definition) is 6. The van der Waals surface area contributed by atoms with Crippen molar-refractivity contribution in [2.75, 3.05) is 0 Å². The molecule has 0 N–H and O–H groups in total. The fourth-order valence-electron chi connectivity index (χ4n) is 6.76. The molecule has 3 heterocycles. The Balaban J connectivity index is 1.13. The summed E-state index contributed by atoms with van der Waals surface area (Å²) in [5.74, 6) is 1.96. The molecule has 234 valence electrons. The van der Waals surface area contributed by atoms with Gasteiger partial charge in [0.2, 0.25) is 0 Å². The first-order valence-corrected chi connectivity index (χ1v) is 18.1. The van der Waals surface area contributed by atoms with E-state index in [1.165, 1.54) is 35.8 Å². The summed E-state index contributed by atoms with van der Waals surface area (Å²) in [6.07, 6.45) is 0. The summed E-state index contributed by atoms with van der Waals surface area (Å²) in [6, 6.07) is 55.1. The number of thiazole rings is 1. The average molecular weight is 675 g/mol. The van der Waals surface area contributed by atoms with Gasteiger partial charge in [-0.15, -0.1) is 22.7 Å². The third kappa shape index (κ3) is 4.96. The van der Waals surface area contributed by atoms with Crippen LogP contribution in [0.25, 0.3) is 97.0 Å². The van der Waals surface area contributed by atoms with Crippen molar-refractivity contribution in [3.63, 3.8) is 0 Å². The van der Waals surface area contributed by atoms with Crippen molar-refractivity contribution in [1.82, 2.24) is 19.9 Å². The maximum Gasteiger partial charge on any atom is 0.164 e. The zero-order valence-electron chi connectivity index (χ0n) is 26.6. The van der Waals surface area contributed by atoms with E-state index in [4.69, 9.17) is 19.9 Å². The van der Waals surface area contributed by atoms with Crippen LogP contribution in [0.1, 0.15) is 0 Å². The first-order valence-electron chi connectivity index (χ1n) is 16.5. The van der Waals surface area contributed by atoms with Crippen LogP contribution in [0.15, 0.2) is 158 Å². The molecule has 0 unspecified atom stereocenters. The lowest BCUT2D eigenvalue weighted by Crippen LogP contribution is -2.00. The number of aromatic nitrogens is 4. The van der Waals surface area contributed by atoms with Gasteiger partial charge in [-0.2, -0.15) is 0 Å². The highest BCUT2D eigenvalue weighted by Gasteiger charge is 2.18. The van der Waals surface area contributed by atoms with Crippen molar-refractivity contribution in [3.05, 3.63) is 158 Å². The Kier molecular flexibility index (Phi) is 6.82. The van der Waals surface area contributed by atoms with Gasteiger partial charge in [-0.05, 0) is 40.1 Å². The maximum atomic E-state index is 5.17. The van der Waals surface area contributed by atoms with Crippen LogP contribution in [-0.2, 0) is 0 Å². The van der Waals surface area contributed by atoms with Gasteiger partial charge < -0.3 is 0 Å². The molecule has 10 aromatic rings. The Hall–Kier alpha value is -6.08. The molecule has 0 atom stereocenters. The van der Waals surface area contributed by atoms with E-state index in [0.29, 0.717) is 17.5 Å². The molecule has 0 aliphatic carbocycles. The lowest BCUT2D eigenvalue weighted by Gasteiger charge is -2.11. The number of rotatable bonds is 5. The molecule has 0 spiro atoms. The van der Waals surface area contributed by atoms with Crippen molar-refractivity contribution in [3.8, 4) is 55.9 Å². The molecule has 0 aliphatic heterocycles. The molecular weight excluding hydrogens is 649 g/mol. The zero-order valence-corrected chi connectivity index (χ0v) is 28.2. The maximum absolute atomic E-state index is 5.17. The second kappa shape index (κ2) is 11.8. The summed E-state index contributed by atoms with van der Waals surface area (Å²) in [5, 5.41) is 5.85. The second-order valence-electron chi connectivity index (χ2n) is 12.3. The van der Waals surface area contributed by atoms with Gasteiger partial charge >= 0.3 is 0 Å². The highest BCUT2D eigenvalue weighted by atomic mass is 32.1. The lowest BCUT2D eigenvalue weighted by molar-refractivity contribution is 1.08. The van der Waals surface area contributed by atoms with Crippen molar-refractivity contribution >= 4 is 63.8 Å². The molecule has 0 saturated carbocycles. The number of hydrogen-bond donors (Lipinski definition) is 0. The van der Waals surface area contributed by atoms with Gasteiger partial charge in [0.25, 0.3) is 0 Å². The van der Waals surface area contributed by atoms with Crippen LogP contribution < -0.4 is 0 Å². The van der Waals surface area contributed by atoms with Crippen molar-refractivity contribution in [2.45, 2.75) is 0 Å². The Morgan fingerprint density at radius 2 is 0.980 bits per heavy atom. The molecule has 0 bridgehead atoms. The van der Waals surface area contributed by atoms with E-state index in [1.807, 2.05) is 24.3 Å². The molecule has 0 saturated heterocycles. The third-order valence-corrected chi connectivity index (χ3v) is 11.4. The summed E-state index contributed by atoms with van der Waals surface area (Å²) < 4.78 is 3.56. The average Bonchev–Trinajstić information content (AvgIpc) is 3.78. The Morgan fingerprint density at radius 3 is 1.78 bits per heavy atom. The number of nitrogens with zero attached hydrogens (tertiary/aromatic N) is 4. The van der Waals surface area contributed by atoms with E-state index in [-0.39, 0.29) is 0 Å². The molecule has 7 aromatic carbocycles. The summed E-state index contributed by atoms with van der Waals surface area (Å²) in [4.78, 5) is 20.3. The van der Waals surface area contributed by atoms with Crippen LogP contribution in [0, 0.1) is 0 Å². The Bertz CT molecular complexity index is 2850. The fourth-order valence-corrected chi connectivity index (χ4v) is 8.89.